The van der Waals surface area contributed by atoms with E-state index in [1.165, 1.54) is 0 Å². The third-order valence-corrected chi connectivity index (χ3v) is 5.71. The van der Waals surface area contributed by atoms with Crippen molar-refractivity contribution in [2.75, 3.05) is 25.5 Å². The highest BCUT2D eigenvalue weighted by molar-refractivity contribution is 6.00. The summed E-state index contributed by atoms with van der Waals surface area (Å²) in [6.07, 6.45) is 1.99. The molecule has 7 nitrogen and oxygen atoms in total. The SMILES string of the molecule is CCCCN1C(=O)CC(C(=O)Nc2cccc(C(=O)NCC)c2)C1c1ccc(OC)cc1. The minimum Gasteiger partial charge on any atom is -0.497 e. The average molecular weight is 438 g/mol. The number of anilines is 1. The van der Waals surface area contributed by atoms with Crippen LogP contribution in [0.1, 0.15) is 55.1 Å². The van der Waals surface area contributed by atoms with Gasteiger partial charge in [0.25, 0.3) is 5.91 Å². The summed E-state index contributed by atoms with van der Waals surface area (Å²) in [6, 6.07) is 14.0. The first-order valence-electron chi connectivity index (χ1n) is 11.1. The van der Waals surface area contributed by atoms with E-state index in [9.17, 15) is 14.4 Å². The maximum atomic E-state index is 13.3. The molecule has 1 aliphatic rings. The van der Waals surface area contributed by atoms with Gasteiger partial charge >= 0.3 is 0 Å². The van der Waals surface area contributed by atoms with Crippen LogP contribution in [0.5, 0.6) is 5.75 Å². The van der Waals surface area contributed by atoms with Crippen molar-refractivity contribution in [2.45, 2.75) is 39.2 Å². The van der Waals surface area contributed by atoms with Gasteiger partial charge in [-0.2, -0.15) is 0 Å². The lowest BCUT2D eigenvalue weighted by Crippen LogP contribution is -2.33. The molecule has 2 aromatic carbocycles. The number of hydrogen-bond acceptors (Lipinski definition) is 4. The largest absolute Gasteiger partial charge is 0.497 e. The lowest BCUT2D eigenvalue weighted by Gasteiger charge is -2.28. The number of ether oxygens (including phenoxy) is 1. The Labute approximate surface area is 189 Å². The van der Waals surface area contributed by atoms with Crippen molar-refractivity contribution in [1.82, 2.24) is 10.2 Å². The van der Waals surface area contributed by atoms with Crippen LogP contribution in [0.15, 0.2) is 48.5 Å². The van der Waals surface area contributed by atoms with Crippen LogP contribution in [0.25, 0.3) is 0 Å². The van der Waals surface area contributed by atoms with Gasteiger partial charge in [0.1, 0.15) is 5.75 Å². The first-order chi connectivity index (χ1) is 15.5. The van der Waals surface area contributed by atoms with Crippen molar-refractivity contribution < 1.29 is 19.1 Å². The van der Waals surface area contributed by atoms with Crippen LogP contribution < -0.4 is 15.4 Å². The molecule has 1 saturated heterocycles. The Kier molecular flexibility index (Phi) is 7.87. The summed E-state index contributed by atoms with van der Waals surface area (Å²) in [5.41, 5.74) is 1.92. The van der Waals surface area contributed by atoms with E-state index >= 15 is 0 Å². The predicted molar refractivity (Wildman–Crippen MR) is 124 cm³/mol. The molecule has 32 heavy (non-hydrogen) atoms. The van der Waals surface area contributed by atoms with Crippen molar-refractivity contribution in [2.24, 2.45) is 5.92 Å². The van der Waals surface area contributed by atoms with Crippen molar-refractivity contribution in [3.63, 3.8) is 0 Å². The summed E-state index contributed by atoms with van der Waals surface area (Å²) in [7, 11) is 1.60. The van der Waals surface area contributed by atoms with Gasteiger partial charge in [0.15, 0.2) is 0 Å². The highest BCUT2D eigenvalue weighted by Crippen LogP contribution is 2.39. The van der Waals surface area contributed by atoms with Gasteiger partial charge in [-0.25, -0.2) is 0 Å². The number of amides is 3. The smallest absolute Gasteiger partial charge is 0.251 e. The van der Waals surface area contributed by atoms with Crippen LogP contribution in [-0.2, 0) is 9.59 Å². The van der Waals surface area contributed by atoms with Crippen LogP contribution >= 0.6 is 0 Å². The second-order valence-electron chi connectivity index (χ2n) is 7.90. The zero-order chi connectivity index (χ0) is 23.1. The maximum Gasteiger partial charge on any atom is 0.251 e. The monoisotopic (exact) mass is 437 g/mol. The number of hydrogen-bond donors (Lipinski definition) is 2. The Morgan fingerprint density at radius 1 is 1.12 bits per heavy atom. The first kappa shape index (κ1) is 23.3. The number of carbonyl (C=O) groups excluding carboxylic acids is 3. The molecule has 0 spiro atoms. The minimum absolute atomic E-state index is 0.0181. The summed E-state index contributed by atoms with van der Waals surface area (Å²) in [4.78, 5) is 40.1. The zero-order valence-corrected chi connectivity index (χ0v) is 18.9. The first-order valence-corrected chi connectivity index (χ1v) is 11.1. The molecule has 170 valence electrons. The zero-order valence-electron chi connectivity index (χ0n) is 18.9. The molecule has 0 saturated carbocycles. The molecule has 7 heteroatoms. The van der Waals surface area contributed by atoms with Gasteiger partial charge in [-0.1, -0.05) is 31.5 Å². The minimum atomic E-state index is -0.527. The standard InChI is InChI=1S/C25H31N3O4/c1-4-6-14-28-22(29)16-21(23(28)17-10-12-20(32-3)13-11-17)25(31)27-19-9-7-8-18(15-19)24(30)26-5-2/h7-13,15,21,23H,4-6,14,16H2,1-3H3,(H,26,30)(H,27,31). The van der Waals surface area contributed by atoms with Gasteiger partial charge in [-0.3, -0.25) is 14.4 Å². The fourth-order valence-corrected chi connectivity index (χ4v) is 4.07. The van der Waals surface area contributed by atoms with Crippen molar-refractivity contribution >= 4 is 23.4 Å². The molecular weight excluding hydrogens is 406 g/mol. The second-order valence-corrected chi connectivity index (χ2v) is 7.90. The van der Waals surface area contributed by atoms with Gasteiger partial charge in [-0.15, -0.1) is 0 Å². The Hall–Kier alpha value is -3.35. The molecule has 1 aliphatic heterocycles. The fourth-order valence-electron chi connectivity index (χ4n) is 4.07. The van der Waals surface area contributed by atoms with E-state index in [0.29, 0.717) is 24.3 Å². The molecule has 2 aromatic rings. The number of likely N-dealkylation sites (tertiary alicyclic amines) is 1. The fraction of sp³-hybridized carbons (Fsp3) is 0.400. The number of carbonyl (C=O) groups is 3. The summed E-state index contributed by atoms with van der Waals surface area (Å²) >= 11 is 0. The van der Waals surface area contributed by atoms with E-state index < -0.39 is 5.92 Å². The highest BCUT2D eigenvalue weighted by atomic mass is 16.5. The molecule has 1 fully saturated rings. The van der Waals surface area contributed by atoms with E-state index in [4.69, 9.17) is 4.74 Å². The van der Waals surface area contributed by atoms with Crippen molar-refractivity contribution in [3.05, 3.63) is 59.7 Å². The third-order valence-electron chi connectivity index (χ3n) is 5.71. The molecule has 3 rings (SSSR count). The molecule has 3 amide bonds. The highest BCUT2D eigenvalue weighted by Gasteiger charge is 2.44. The van der Waals surface area contributed by atoms with Crippen LogP contribution in [0.4, 0.5) is 5.69 Å². The number of nitrogens with one attached hydrogen (secondary N) is 2. The molecule has 0 aliphatic carbocycles. The van der Waals surface area contributed by atoms with Crippen LogP contribution in [0.2, 0.25) is 0 Å². The third kappa shape index (κ3) is 5.28. The average Bonchev–Trinajstić information content (AvgIpc) is 3.14. The quantitative estimate of drug-likeness (QED) is 0.625. The summed E-state index contributed by atoms with van der Waals surface area (Å²) < 4.78 is 5.25. The van der Waals surface area contributed by atoms with Gasteiger partial charge in [0.05, 0.1) is 19.1 Å². The molecule has 0 aromatic heterocycles. The van der Waals surface area contributed by atoms with Crippen molar-refractivity contribution in [1.29, 1.82) is 0 Å². The Bertz CT molecular complexity index is 958. The van der Waals surface area contributed by atoms with Crippen LogP contribution in [-0.4, -0.2) is 42.8 Å². The molecule has 2 unspecified atom stereocenters. The van der Waals surface area contributed by atoms with Gasteiger partial charge < -0.3 is 20.3 Å². The van der Waals surface area contributed by atoms with Gasteiger partial charge in [-0.05, 0) is 49.2 Å². The molecule has 2 atom stereocenters. The van der Waals surface area contributed by atoms with Crippen LogP contribution in [0, 0.1) is 5.92 Å². The maximum absolute atomic E-state index is 13.3. The van der Waals surface area contributed by atoms with E-state index in [2.05, 4.69) is 17.6 Å². The molecule has 1 heterocycles. The van der Waals surface area contributed by atoms with Crippen molar-refractivity contribution in [3.8, 4) is 5.75 Å². The number of rotatable bonds is 9. The molecule has 0 radical (unpaired) electrons. The predicted octanol–water partition coefficient (Wildman–Crippen LogP) is 3.77. The van der Waals surface area contributed by atoms with E-state index in [-0.39, 0.29) is 30.2 Å². The molecular formula is C25H31N3O4. The lowest BCUT2D eigenvalue weighted by molar-refractivity contribution is -0.129. The van der Waals surface area contributed by atoms with E-state index in [1.807, 2.05) is 36.1 Å². The van der Waals surface area contributed by atoms with Gasteiger partial charge in [0.2, 0.25) is 11.8 Å². The number of nitrogens with zero attached hydrogens (tertiary/aromatic N) is 1. The normalized spacial score (nSPS) is 17.8. The number of benzene rings is 2. The Morgan fingerprint density at radius 2 is 1.88 bits per heavy atom. The summed E-state index contributed by atoms with van der Waals surface area (Å²) in [6.45, 7) is 5.07. The second kappa shape index (κ2) is 10.8. The molecule has 0 bridgehead atoms. The molecule has 2 N–H and O–H groups in total. The number of methoxy groups -OCH3 is 1. The topological polar surface area (TPSA) is 87.7 Å². The summed E-state index contributed by atoms with van der Waals surface area (Å²) in [5, 5.41) is 5.67. The van der Waals surface area contributed by atoms with E-state index in [0.717, 1.165) is 24.2 Å². The Balaban J connectivity index is 1.85. The van der Waals surface area contributed by atoms with Gasteiger partial charge in [0, 0.05) is 30.8 Å². The van der Waals surface area contributed by atoms with Crippen LogP contribution in [0.3, 0.4) is 0 Å². The van der Waals surface area contributed by atoms with E-state index in [1.54, 1.807) is 31.4 Å². The lowest BCUT2D eigenvalue weighted by atomic mass is 9.92. The number of unbranched alkanes of at least 4 members (excludes halogenated alkanes) is 1. The summed E-state index contributed by atoms with van der Waals surface area (Å²) in [5.74, 6) is -0.245. The Morgan fingerprint density at radius 3 is 2.53 bits per heavy atom.